The Labute approximate surface area is 310 Å². The van der Waals surface area contributed by atoms with E-state index in [9.17, 15) is 62.7 Å². The van der Waals surface area contributed by atoms with Gasteiger partial charge in [0.05, 0.1) is 26.0 Å². The van der Waals surface area contributed by atoms with Crippen molar-refractivity contribution in [3.63, 3.8) is 0 Å². The average Bonchev–Trinajstić information content (AvgIpc) is 3.63. The first kappa shape index (κ1) is 45.9. The molecule has 0 aromatic carbocycles. The third-order valence-electron chi connectivity index (χ3n) is 7.41. The van der Waals surface area contributed by atoms with Crippen molar-refractivity contribution in [3.8, 4) is 0 Å². The molecule has 2 aromatic heterocycles. The zero-order valence-corrected chi connectivity index (χ0v) is 31.6. The monoisotopic (exact) mass is 850 g/mol. The highest BCUT2D eigenvalue weighted by molar-refractivity contribution is 7.61. The van der Waals surface area contributed by atoms with E-state index in [1.54, 1.807) is 0 Å². The molecule has 0 saturated carbocycles. The molecule has 1 aliphatic heterocycles. The Morgan fingerprint density at radius 3 is 2.18 bits per heavy atom. The second-order valence-corrected chi connectivity index (χ2v) is 16.5. The van der Waals surface area contributed by atoms with Gasteiger partial charge in [0.2, 0.25) is 17.7 Å². The highest BCUT2D eigenvalue weighted by atomic mass is 31.3. The summed E-state index contributed by atoms with van der Waals surface area (Å²) in [4.78, 5) is 97.2. The summed E-state index contributed by atoms with van der Waals surface area (Å²) < 4.78 is 61.9. The molecule has 1 aliphatic rings. The molecule has 2 unspecified atom stereocenters. The Kier molecular flexibility index (Phi) is 15.9. The van der Waals surface area contributed by atoms with Gasteiger partial charge >= 0.3 is 29.4 Å². The Hall–Kier alpha value is -3.52. The number of nitrogens with one attached hydrogen (secondary N) is 3. The Balaban J connectivity index is 1.49. The molecule has 1 saturated heterocycles. The van der Waals surface area contributed by atoms with E-state index in [1.165, 1.54) is 13.8 Å². The van der Waals surface area contributed by atoms with Crippen LogP contribution in [-0.2, 0) is 55.5 Å². The van der Waals surface area contributed by atoms with Crippen LogP contribution in [0.3, 0.4) is 0 Å². The van der Waals surface area contributed by atoms with E-state index in [2.05, 4.69) is 39.7 Å². The lowest BCUT2D eigenvalue weighted by Crippen LogP contribution is -2.46. The molecule has 0 aliphatic carbocycles. The third kappa shape index (κ3) is 14.2. The van der Waals surface area contributed by atoms with Crippen molar-refractivity contribution in [1.82, 2.24) is 35.5 Å². The average molecular weight is 851 g/mol. The van der Waals surface area contributed by atoms with E-state index < -0.39 is 96.4 Å². The zero-order chi connectivity index (χ0) is 41.4. The number of aliphatic hydroxyl groups is 2. The maximum atomic E-state index is 12.6. The van der Waals surface area contributed by atoms with Crippen molar-refractivity contribution in [2.75, 3.05) is 38.6 Å². The van der Waals surface area contributed by atoms with Crippen LogP contribution in [0.2, 0.25) is 0 Å². The second-order valence-electron chi connectivity index (χ2n) is 12.3. The number of amides is 3. The lowest BCUT2D eigenvalue weighted by Gasteiger charge is -2.30. The van der Waals surface area contributed by atoms with E-state index in [-0.39, 0.29) is 55.9 Å². The van der Waals surface area contributed by atoms with Crippen LogP contribution in [0.15, 0.2) is 12.7 Å². The minimum Gasteiger partial charge on any atom is -0.481 e. The number of nitrogens with two attached hydrogens (primary N) is 1. The summed E-state index contributed by atoms with van der Waals surface area (Å²) in [7, 11) is -16.4. The van der Waals surface area contributed by atoms with Crippen molar-refractivity contribution >= 4 is 64.1 Å². The van der Waals surface area contributed by atoms with Gasteiger partial charge in [0, 0.05) is 37.9 Å². The van der Waals surface area contributed by atoms with Crippen LogP contribution in [-0.4, -0.2) is 135 Å². The maximum absolute atomic E-state index is 12.6. The number of rotatable bonds is 22. The van der Waals surface area contributed by atoms with Crippen molar-refractivity contribution in [3.05, 3.63) is 12.7 Å². The molecule has 3 amide bonds. The van der Waals surface area contributed by atoms with Crippen LogP contribution in [0.4, 0.5) is 5.82 Å². The number of carbonyl (C=O) groups excluding carboxylic acids is 3. The summed E-state index contributed by atoms with van der Waals surface area (Å²) in [6.07, 6.45) is -7.70. The molecule has 0 radical (unpaired) electrons. The van der Waals surface area contributed by atoms with Gasteiger partial charge in [0.1, 0.15) is 36.3 Å². The fourth-order valence-corrected chi connectivity index (χ4v) is 7.48. The number of phosphoric ester groups is 3. The van der Waals surface area contributed by atoms with Gasteiger partial charge < -0.3 is 61.3 Å². The largest absolute Gasteiger partial charge is 0.481 e. The summed E-state index contributed by atoms with van der Waals surface area (Å²) in [6.45, 7) is 0.129. The van der Waals surface area contributed by atoms with Crippen molar-refractivity contribution in [1.29, 1.82) is 0 Å². The van der Waals surface area contributed by atoms with Gasteiger partial charge in [0.15, 0.2) is 17.7 Å². The number of aliphatic hydroxyl groups excluding tert-OH is 2. The smallest absolute Gasteiger partial charge is 0.481 e. The first-order valence-electron chi connectivity index (χ1n) is 15.8. The van der Waals surface area contributed by atoms with Gasteiger partial charge in [-0.1, -0.05) is 13.8 Å². The molecule has 3 rings (SSSR count). The van der Waals surface area contributed by atoms with Gasteiger partial charge in [-0.3, -0.25) is 37.3 Å². The second kappa shape index (κ2) is 19.1. The summed E-state index contributed by atoms with van der Waals surface area (Å²) in [5.74, 6) is -3.28. The number of anilines is 1. The summed E-state index contributed by atoms with van der Waals surface area (Å²) in [5, 5.41) is 37.0. The predicted octanol–water partition coefficient (Wildman–Crippen LogP) is -2.61. The van der Waals surface area contributed by atoms with E-state index in [0.29, 0.717) is 0 Å². The van der Waals surface area contributed by atoms with Crippen molar-refractivity contribution in [2.45, 2.75) is 63.8 Å². The standard InChI is InChI=1S/C25H41N8O19P3/c1-25(2,20(39)23(40)29-6-5-15(35)28-8-7-27-14(34)3-4-16(36)37)10-49-55(46,47)52-54(44,45)48-9-13-19(51-53(41,42)43)18(38)24(50-13)33-12-32-17-21(26)30-11-31-22(17)33/h11-13,18-20,24,38-39H,3-10H2,1-2H3,(H,27,34)(H,28,35)(H,29,40)(H,36,37)(H,44,45)(H,46,47)(H2,26,30,31)(H2,41,42,43)/t13-,18+,19-,20-,24+/m0/s1. The number of nitrogens with zero attached hydrogens (tertiary/aromatic N) is 4. The number of carboxylic acid groups (broad SMARTS) is 1. The van der Waals surface area contributed by atoms with Crippen LogP contribution in [0.25, 0.3) is 11.2 Å². The Bertz CT molecular complexity index is 1840. The van der Waals surface area contributed by atoms with Crippen LogP contribution in [0.1, 0.15) is 39.3 Å². The highest BCUT2D eigenvalue weighted by Gasteiger charge is 2.50. The maximum Gasteiger partial charge on any atom is 0.481 e. The van der Waals surface area contributed by atoms with E-state index in [4.69, 9.17) is 24.6 Å². The van der Waals surface area contributed by atoms with Gasteiger partial charge in [-0.05, 0) is 0 Å². The van der Waals surface area contributed by atoms with E-state index in [0.717, 1.165) is 17.2 Å². The molecule has 0 spiro atoms. The van der Waals surface area contributed by atoms with Gasteiger partial charge in [-0.25, -0.2) is 28.6 Å². The number of fused-ring (bicyclic) bond motifs is 1. The molecule has 0 bridgehead atoms. The highest BCUT2D eigenvalue weighted by Crippen LogP contribution is 2.61. The van der Waals surface area contributed by atoms with Crippen LogP contribution in [0.5, 0.6) is 0 Å². The fraction of sp³-hybridized carbons (Fsp3) is 0.640. The van der Waals surface area contributed by atoms with Crippen LogP contribution in [0, 0.1) is 5.41 Å². The number of aromatic nitrogens is 4. The molecule has 27 nitrogen and oxygen atoms in total. The molecule has 30 heteroatoms. The van der Waals surface area contributed by atoms with E-state index >= 15 is 0 Å². The van der Waals surface area contributed by atoms with Crippen LogP contribution >= 0.6 is 23.5 Å². The summed E-state index contributed by atoms with van der Waals surface area (Å²) in [6, 6.07) is 0. The molecule has 55 heavy (non-hydrogen) atoms. The molecular weight excluding hydrogens is 809 g/mol. The number of hydrogen-bond donors (Lipinski definition) is 11. The van der Waals surface area contributed by atoms with Crippen LogP contribution < -0.4 is 21.7 Å². The van der Waals surface area contributed by atoms with E-state index in [1.807, 2.05) is 0 Å². The lowest BCUT2D eigenvalue weighted by atomic mass is 9.87. The first-order valence-corrected chi connectivity index (χ1v) is 20.3. The van der Waals surface area contributed by atoms with Gasteiger partial charge in [-0.15, -0.1) is 0 Å². The number of hydrogen-bond acceptors (Lipinski definition) is 18. The normalized spacial score (nSPS) is 21.7. The Morgan fingerprint density at radius 1 is 0.945 bits per heavy atom. The molecule has 12 N–H and O–H groups in total. The molecule has 2 aromatic rings. The minimum absolute atomic E-state index is 0.00747. The molecular formula is C25H41N8O19P3. The number of imidazole rings is 1. The van der Waals surface area contributed by atoms with Crippen molar-refractivity contribution < 1.29 is 90.4 Å². The number of carbonyl (C=O) groups is 4. The first-order chi connectivity index (χ1) is 25.4. The topological polar surface area (TPSA) is 413 Å². The van der Waals surface area contributed by atoms with Crippen molar-refractivity contribution in [2.24, 2.45) is 5.41 Å². The summed E-state index contributed by atoms with van der Waals surface area (Å²) in [5.41, 5.74) is 4.19. The number of ether oxygens (including phenoxy) is 1. The number of carboxylic acids is 1. The number of phosphoric acid groups is 3. The quantitative estimate of drug-likeness (QED) is 0.0427. The molecule has 3 heterocycles. The molecule has 1 fully saturated rings. The number of nitrogen functional groups attached to an aromatic ring is 1. The van der Waals surface area contributed by atoms with Gasteiger partial charge in [0.25, 0.3) is 0 Å². The zero-order valence-electron chi connectivity index (χ0n) is 28.9. The fourth-order valence-electron chi connectivity index (χ4n) is 4.65. The lowest BCUT2D eigenvalue weighted by molar-refractivity contribution is -0.139. The Morgan fingerprint density at radius 2 is 1.56 bits per heavy atom. The van der Waals surface area contributed by atoms with Gasteiger partial charge in [-0.2, -0.15) is 4.31 Å². The minimum atomic E-state index is -5.59. The third-order valence-corrected chi connectivity index (χ3v) is 10.5. The SMILES string of the molecule is CC(C)(COP(=O)(O)OP(=O)(O)OC[C@@H]1O[C@@H](n2cnc3c(N)ncnc32)[C@H](O)[C@H]1OP(=O)(O)O)[C@@H](O)C(=O)NCCC(=O)NCCNC(=O)CCC(=O)O. The number of aliphatic carboxylic acids is 1. The predicted molar refractivity (Wildman–Crippen MR) is 180 cm³/mol. The summed E-state index contributed by atoms with van der Waals surface area (Å²) >= 11 is 0. The molecule has 7 atom stereocenters. The molecule has 310 valence electrons.